The summed E-state index contributed by atoms with van der Waals surface area (Å²) in [5.41, 5.74) is 3.83. The number of carbonyl (C=O) groups is 3. The van der Waals surface area contributed by atoms with Gasteiger partial charge in [0.1, 0.15) is 17.2 Å². The summed E-state index contributed by atoms with van der Waals surface area (Å²) < 4.78 is 17.6. The first kappa shape index (κ1) is 22.9. The van der Waals surface area contributed by atoms with Gasteiger partial charge in [-0.15, -0.1) is 0 Å². The number of carbonyl (C=O) groups excluding carboxylic acids is 3. The Morgan fingerprint density at radius 1 is 1.12 bits per heavy atom. The highest BCUT2D eigenvalue weighted by Crippen LogP contribution is 2.26. The van der Waals surface area contributed by atoms with Gasteiger partial charge in [-0.25, -0.2) is 9.59 Å². The Morgan fingerprint density at radius 2 is 1.85 bits per heavy atom. The molecule has 9 nitrogen and oxygen atoms in total. The molecule has 3 aromatic rings. The van der Waals surface area contributed by atoms with Gasteiger partial charge < -0.3 is 23.8 Å². The standard InChI is InChI=1S/C25H25N3O6/c1-5-33-19-8-6-18(7-9-19)28-15(2)12-17(16(28)3)13-21-23(29)27(25(31)26-21)14-20-10-11-22(34-20)24(30)32-4/h6-13H,5,14H2,1-4H3,(H,26,31). The highest BCUT2D eigenvalue weighted by molar-refractivity contribution is 6.13. The molecule has 0 saturated carbocycles. The molecule has 1 aromatic carbocycles. The van der Waals surface area contributed by atoms with Crippen molar-refractivity contribution in [1.29, 1.82) is 0 Å². The topological polar surface area (TPSA) is 103 Å². The van der Waals surface area contributed by atoms with Crippen molar-refractivity contribution in [3.8, 4) is 11.4 Å². The number of benzene rings is 1. The summed E-state index contributed by atoms with van der Waals surface area (Å²) in [6.45, 7) is 6.35. The third-order valence-corrected chi connectivity index (χ3v) is 5.50. The van der Waals surface area contributed by atoms with Crippen LogP contribution in [0, 0.1) is 13.8 Å². The van der Waals surface area contributed by atoms with Crippen molar-refractivity contribution in [2.24, 2.45) is 0 Å². The number of ether oxygens (including phenoxy) is 2. The van der Waals surface area contributed by atoms with Crippen molar-refractivity contribution >= 4 is 24.0 Å². The number of imide groups is 1. The molecule has 34 heavy (non-hydrogen) atoms. The lowest BCUT2D eigenvalue weighted by Crippen LogP contribution is -2.30. The maximum atomic E-state index is 12.9. The van der Waals surface area contributed by atoms with Crippen molar-refractivity contribution in [2.75, 3.05) is 13.7 Å². The molecule has 1 N–H and O–H groups in total. The normalized spacial score (nSPS) is 14.6. The summed E-state index contributed by atoms with van der Waals surface area (Å²) >= 11 is 0. The molecule has 0 aliphatic carbocycles. The number of amides is 3. The first-order valence-corrected chi connectivity index (χ1v) is 10.8. The largest absolute Gasteiger partial charge is 0.494 e. The Labute approximate surface area is 196 Å². The molecule has 1 aliphatic heterocycles. The van der Waals surface area contributed by atoms with Gasteiger partial charge >= 0.3 is 12.0 Å². The summed E-state index contributed by atoms with van der Waals surface area (Å²) in [6.07, 6.45) is 1.66. The molecular formula is C25H25N3O6. The molecule has 0 atom stereocenters. The molecule has 0 spiro atoms. The van der Waals surface area contributed by atoms with Crippen LogP contribution in [-0.4, -0.2) is 41.1 Å². The van der Waals surface area contributed by atoms with Gasteiger partial charge in [0, 0.05) is 17.1 Å². The van der Waals surface area contributed by atoms with Crippen LogP contribution in [0.5, 0.6) is 5.75 Å². The van der Waals surface area contributed by atoms with Crippen LogP contribution >= 0.6 is 0 Å². The first-order chi connectivity index (χ1) is 16.3. The highest BCUT2D eigenvalue weighted by atomic mass is 16.5. The lowest BCUT2D eigenvalue weighted by molar-refractivity contribution is -0.123. The summed E-state index contributed by atoms with van der Waals surface area (Å²) in [5.74, 6) is -0.0228. The molecule has 0 radical (unpaired) electrons. The van der Waals surface area contributed by atoms with Crippen LogP contribution < -0.4 is 10.1 Å². The van der Waals surface area contributed by atoms with E-state index in [-0.39, 0.29) is 18.0 Å². The molecule has 1 fully saturated rings. The van der Waals surface area contributed by atoms with E-state index in [9.17, 15) is 14.4 Å². The lowest BCUT2D eigenvalue weighted by atomic mass is 10.2. The van der Waals surface area contributed by atoms with E-state index in [0.717, 1.165) is 33.3 Å². The molecule has 1 aliphatic rings. The number of nitrogens with one attached hydrogen (secondary N) is 1. The van der Waals surface area contributed by atoms with Gasteiger partial charge in [-0.05, 0) is 74.9 Å². The minimum absolute atomic E-state index is 0.00190. The van der Waals surface area contributed by atoms with Gasteiger partial charge in [0.25, 0.3) is 5.91 Å². The second-order valence-electron chi connectivity index (χ2n) is 7.73. The third kappa shape index (κ3) is 4.32. The Kier molecular flexibility index (Phi) is 6.27. The molecule has 1 saturated heterocycles. The van der Waals surface area contributed by atoms with Gasteiger partial charge in [-0.1, -0.05) is 0 Å². The van der Waals surface area contributed by atoms with Gasteiger partial charge in [-0.2, -0.15) is 0 Å². The fourth-order valence-corrected chi connectivity index (χ4v) is 3.89. The number of hydrogen-bond acceptors (Lipinski definition) is 6. The lowest BCUT2D eigenvalue weighted by Gasteiger charge is -2.11. The Balaban J connectivity index is 1.56. The number of urea groups is 1. The van der Waals surface area contributed by atoms with Crippen molar-refractivity contribution in [2.45, 2.75) is 27.3 Å². The average molecular weight is 463 g/mol. The quantitative estimate of drug-likeness (QED) is 0.323. The predicted octanol–water partition coefficient (Wildman–Crippen LogP) is 3.97. The molecule has 4 rings (SSSR count). The van der Waals surface area contributed by atoms with Crippen molar-refractivity contribution in [1.82, 2.24) is 14.8 Å². The van der Waals surface area contributed by atoms with Crippen LogP contribution in [0.4, 0.5) is 4.79 Å². The van der Waals surface area contributed by atoms with Gasteiger partial charge in [-0.3, -0.25) is 9.69 Å². The van der Waals surface area contributed by atoms with Crippen LogP contribution in [0.3, 0.4) is 0 Å². The van der Waals surface area contributed by atoms with Crippen LogP contribution in [0.25, 0.3) is 11.8 Å². The number of furan rings is 1. The molecule has 0 unspecified atom stereocenters. The van der Waals surface area contributed by atoms with Crippen LogP contribution in [0.2, 0.25) is 0 Å². The van der Waals surface area contributed by atoms with E-state index in [1.165, 1.54) is 19.2 Å². The monoisotopic (exact) mass is 463 g/mol. The van der Waals surface area contributed by atoms with Gasteiger partial charge in [0.05, 0.1) is 20.3 Å². The summed E-state index contributed by atoms with van der Waals surface area (Å²) in [6, 6.07) is 12.1. The number of rotatable bonds is 7. The molecule has 3 heterocycles. The predicted molar refractivity (Wildman–Crippen MR) is 124 cm³/mol. The van der Waals surface area contributed by atoms with Crippen LogP contribution in [0.15, 0.2) is 52.6 Å². The molecule has 3 amide bonds. The number of esters is 1. The Morgan fingerprint density at radius 3 is 2.53 bits per heavy atom. The number of aryl methyl sites for hydroxylation is 1. The second kappa shape index (κ2) is 9.30. The maximum absolute atomic E-state index is 12.9. The molecule has 0 bridgehead atoms. The van der Waals surface area contributed by atoms with Gasteiger partial charge in [0.2, 0.25) is 5.76 Å². The molecule has 2 aromatic heterocycles. The minimum Gasteiger partial charge on any atom is -0.494 e. The zero-order valence-electron chi connectivity index (χ0n) is 19.4. The minimum atomic E-state index is -0.632. The van der Waals surface area contributed by atoms with Gasteiger partial charge in [0.15, 0.2) is 0 Å². The number of aromatic nitrogens is 1. The van der Waals surface area contributed by atoms with E-state index in [1.807, 2.05) is 51.1 Å². The molecule has 176 valence electrons. The van der Waals surface area contributed by atoms with E-state index in [2.05, 4.69) is 14.6 Å². The van der Waals surface area contributed by atoms with E-state index in [4.69, 9.17) is 9.15 Å². The third-order valence-electron chi connectivity index (χ3n) is 5.50. The summed E-state index contributed by atoms with van der Waals surface area (Å²) in [4.78, 5) is 38.0. The smallest absolute Gasteiger partial charge is 0.373 e. The van der Waals surface area contributed by atoms with Crippen LogP contribution in [0.1, 0.15) is 40.2 Å². The number of hydrogen-bond donors (Lipinski definition) is 1. The number of nitrogens with zero attached hydrogens (tertiary/aromatic N) is 2. The van der Waals surface area contributed by atoms with Crippen LogP contribution in [-0.2, 0) is 16.1 Å². The fourth-order valence-electron chi connectivity index (χ4n) is 3.89. The van der Waals surface area contributed by atoms with E-state index >= 15 is 0 Å². The second-order valence-corrected chi connectivity index (χ2v) is 7.73. The first-order valence-electron chi connectivity index (χ1n) is 10.8. The van der Waals surface area contributed by atoms with Crippen molar-refractivity contribution in [3.05, 3.63) is 76.6 Å². The van der Waals surface area contributed by atoms with E-state index < -0.39 is 17.9 Å². The zero-order valence-corrected chi connectivity index (χ0v) is 19.4. The Hall–Kier alpha value is -4.27. The van der Waals surface area contributed by atoms with E-state index in [1.54, 1.807) is 6.08 Å². The molecular weight excluding hydrogens is 438 g/mol. The molecule has 9 heteroatoms. The Bertz CT molecular complexity index is 1280. The van der Waals surface area contributed by atoms with E-state index in [0.29, 0.717) is 12.4 Å². The summed E-state index contributed by atoms with van der Waals surface area (Å²) in [5, 5.41) is 2.62. The zero-order chi connectivity index (χ0) is 24.4. The average Bonchev–Trinajstić information content (AvgIpc) is 3.48. The highest BCUT2D eigenvalue weighted by Gasteiger charge is 2.34. The number of methoxy groups -OCH3 is 1. The maximum Gasteiger partial charge on any atom is 0.373 e. The van der Waals surface area contributed by atoms with Crippen molar-refractivity contribution in [3.63, 3.8) is 0 Å². The SMILES string of the molecule is CCOc1ccc(-n2c(C)cc(C=C3NC(=O)N(Cc4ccc(C(=O)OC)o4)C3=O)c2C)cc1. The fraction of sp³-hybridized carbons (Fsp3) is 0.240. The summed E-state index contributed by atoms with van der Waals surface area (Å²) in [7, 11) is 1.24. The van der Waals surface area contributed by atoms with Crippen molar-refractivity contribution < 1.29 is 28.3 Å².